The van der Waals surface area contributed by atoms with Crippen LogP contribution in [0.4, 0.5) is 4.39 Å². The van der Waals surface area contributed by atoms with Gasteiger partial charge in [-0.05, 0) is 19.1 Å². The van der Waals surface area contributed by atoms with Crippen molar-refractivity contribution >= 4 is 11.6 Å². The fraction of sp³-hybridized carbons (Fsp3) is 0.444. The second kappa shape index (κ2) is 5.24. The lowest BCUT2D eigenvalue weighted by Crippen LogP contribution is -2.24. The van der Waals surface area contributed by atoms with Gasteiger partial charge in [-0.15, -0.1) is 0 Å². The zero-order valence-electron chi connectivity index (χ0n) is 7.80. The van der Waals surface area contributed by atoms with Crippen molar-refractivity contribution in [1.82, 2.24) is 10.3 Å². The third-order valence-corrected chi connectivity index (χ3v) is 1.83. The lowest BCUT2D eigenvalue weighted by Gasteiger charge is -2.07. The van der Waals surface area contributed by atoms with Gasteiger partial charge in [-0.2, -0.15) is 0 Å². The Bertz CT molecular complexity index is 307. The van der Waals surface area contributed by atoms with E-state index >= 15 is 0 Å². The van der Waals surface area contributed by atoms with E-state index in [9.17, 15) is 4.39 Å². The van der Waals surface area contributed by atoms with Crippen LogP contribution in [0.2, 0.25) is 5.15 Å². The van der Waals surface area contributed by atoms with Crippen LogP contribution in [-0.2, 0) is 6.54 Å². The average Bonchev–Trinajstić information content (AvgIpc) is 2.10. The van der Waals surface area contributed by atoms with Crippen LogP contribution in [-0.4, -0.2) is 22.7 Å². The van der Waals surface area contributed by atoms with Crippen LogP contribution in [0.3, 0.4) is 0 Å². The van der Waals surface area contributed by atoms with E-state index in [1.165, 1.54) is 12.1 Å². The summed E-state index contributed by atoms with van der Waals surface area (Å²) in [5, 5.41) is 12.1. The monoisotopic (exact) mass is 218 g/mol. The first-order valence-electron chi connectivity index (χ1n) is 4.29. The van der Waals surface area contributed by atoms with Crippen LogP contribution in [0.5, 0.6) is 0 Å². The van der Waals surface area contributed by atoms with Crippen molar-refractivity contribution < 1.29 is 9.50 Å². The number of aliphatic hydroxyl groups excluding tert-OH is 1. The summed E-state index contributed by atoms with van der Waals surface area (Å²) in [4.78, 5) is 3.82. The molecule has 0 aliphatic rings. The highest BCUT2D eigenvalue weighted by Crippen LogP contribution is 2.09. The highest BCUT2D eigenvalue weighted by Gasteiger charge is 2.04. The van der Waals surface area contributed by atoms with Crippen LogP contribution >= 0.6 is 11.6 Å². The molecule has 0 aromatic carbocycles. The molecule has 0 aliphatic heterocycles. The summed E-state index contributed by atoms with van der Waals surface area (Å²) >= 11 is 5.60. The summed E-state index contributed by atoms with van der Waals surface area (Å²) < 4.78 is 13.1. The molecule has 0 spiro atoms. The lowest BCUT2D eigenvalue weighted by atomic mass is 10.3. The SMILES string of the molecule is C[C@@H](O)CNCc1nc(Cl)ccc1F. The van der Waals surface area contributed by atoms with Crippen molar-refractivity contribution in [2.24, 2.45) is 0 Å². The van der Waals surface area contributed by atoms with Crippen molar-refractivity contribution in [3.8, 4) is 0 Å². The standard InChI is InChI=1S/C9H12ClFN2O/c1-6(14)4-12-5-8-7(11)2-3-9(10)13-8/h2-3,6,12,14H,4-5H2,1H3/t6-/m1/s1. The summed E-state index contributed by atoms with van der Waals surface area (Å²) in [7, 11) is 0. The normalized spacial score (nSPS) is 12.9. The Morgan fingerprint density at radius 3 is 3.00 bits per heavy atom. The molecule has 14 heavy (non-hydrogen) atoms. The lowest BCUT2D eigenvalue weighted by molar-refractivity contribution is 0.190. The number of aromatic nitrogens is 1. The second-order valence-corrected chi connectivity index (χ2v) is 3.43. The maximum Gasteiger partial charge on any atom is 0.146 e. The third kappa shape index (κ3) is 3.57. The van der Waals surface area contributed by atoms with Crippen LogP contribution in [0.15, 0.2) is 12.1 Å². The summed E-state index contributed by atoms with van der Waals surface area (Å²) in [6, 6.07) is 2.67. The summed E-state index contributed by atoms with van der Waals surface area (Å²) in [5.41, 5.74) is 0.262. The van der Waals surface area contributed by atoms with E-state index in [1.807, 2.05) is 0 Å². The molecule has 0 bridgehead atoms. The molecule has 2 N–H and O–H groups in total. The van der Waals surface area contributed by atoms with E-state index in [0.717, 1.165) is 0 Å². The van der Waals surface area contributed by atoms with E-state index in [4.69, 9.17) is 16.7 Å². The Kier molecular flexibility index (Phi) is 4.25. The quantitative estimate of drug-likeness (QED) is 0.750. The van der Waals surface area contributed by atoms with Gasteiger partial charge in [-0.25, -0.2) is 9.37 Å². The molecule has 0 saturated carbocycles. The van der Waals surface area contributed by atoms with Crippen LogP contribution < -0.4 is 5.32 Å². The zero-order valence-corrected chi connectivity index (χ0v) is 8.55. The number of hydrogen-bond acceptors (Lipinski definition) is 3. The first-order valence-corrected chi connectivity index (χ1v) is 4.67. The van der Waals surface area contributed by atoms with E-state index in [2.05, 4.69) is 10.3 Å². The fourth-order valence-corrected chi connectivity index (χ4v) is 1.15. The van der Waals surface area contributed by atoms with E-state index in [0.29, 0.717) is 6.54 Å². The molecular weight excluding hydrogens is 207 g/mol. The maximum atomic E-state index is 13.1. The van der Waals surface area contributed by atoms with Crippen molar-refractivity contribution in [2.45, 2.75) is 19.6 Å². The van der Waals surface area contributed by atoms with Crippen LogP contribution in [0.1, 0.15) is 12.6 Å². The van der Waals surface area contributed by atoms with Gasteiger partial charge < -0.3 is 10.4 Å². The van der Waals surface area contributed by atoms with E-state index in [1.54, 1.807) is 6.92 Å². The summed E-state index contributed by atoms with van der Waals surface area (Å²) in [6.07, 6.45) is -0.461. The molecule has 78 valence electrons. The maximum absolute atomic E-state index is 13.1. The van der Waals surface area contributed by atoms with Gasteiger partial charge in [0, 0.05) is 13.1 Å². The van der Waals surface area contributed by atoms with Crippen molar-refractivity contribution in [3.63, 3.8) is 0 Å². The molecule has 0 amide bonds. The fourth-order valence-electron chi connectivity index (χ4n) is 0.981. The smallest absolute Gasteiger partial charge is 0.146 e. The number of halogens is 2. The van der Waals surface area contributed by atoms with E-state index < -0.39 is 11.9 Å². The minimum absolute atomic E-state index is 0.261. The minimum Gasteiger partial charge on any atom is -0.392 e. The molecule has 1 aromatic heterocycles. The summed E-state index contributed by atoms with van der Waals surface area (Å²) in [5.74, 6) is -0.396. The molecule has 0 radical (unpaired) electrons. The highest BCUT2D eigenvalue weighted by molar-refractivity contribution is 6.29. The zero-order chi connectivity index (χ0) is 10.6. The molecule has 0 fully saturated rings. The predicted octanol–water partition coefficient (Wildman–Crippen LogP) is 1.34. The average molecular weight is 219 g/mol. The first kappa shape index (κ1) is 11.4. The molecule has 5 heteroatoms. The second-order valence-electron chi connectivity index (χ2n) is 3.04. The Hall–Kier alpha value is -0.710. The van der Waals surface area contributed by atoms with Gasteiger partial charge in [0.2, 0.25) is 0 Å². The van der Waals surface area contributed by atoms with Gasteiger partial charge in [0.25, 0.3) is 0 Å². The first-order chi connectivity index (χ1) is 6.59. The number of nitrogens with one attached hydrogen (secondary N) is 1. The number of rotatable bonds is 4. The summed E-state index contributed by atoms with van der Waals surface area (Å²) in [6.45, 7) is 2.31. The molecule has 1 heterocycles. The molecular formula is C9H12ClFN2O. The van der Waals surface area contributed by atoms with Gasteiger partial charge in [0.05, 0.1) is 11.8 Å². The molecule has 0 saturated heterocycles. The predicted molar refractivity (Wildman–Crippen MR) is 52.6 cm³/mol. The third-order valence-electron chi connectivity index (χ3n) is 1.62. The Morgan fingerprint density at radius 2 is 2.36 bits per heavy atom. The topological polar surface area (TPSA) is 45.1 Å². The van der Waals surface area contributed by atoms with Crippen molar-refractivity contribution in [3.05, 3.63) is 28.8 Å². The Labute approximate surface area is 86.9 Å². The largest absolute Gasteiger partial charge is 0.392 e. The molecule has 0 aliphatic carbocycles. The highest BCUT2D eigenvalue weighted by atomic mass is 35.5. The molecule has 3 nitrogen and oxygen atoms in total. The molecule has 1 atom stereocenters. The number of pyridine rings is 1. The molecule has 0 unspecified atom stereocenters. The van der Waals surface area contributed by atoms with Gasteiger partial charge >= 0.3 is 0 Å². The number of hydrogen-bond donors (Lipinski definition) is 2. The van der Waals surface area contributed by atoms with Gasteiger partial charge in [-0.1, -0.05) is 11.6 Å². The van der Waals surface area contributed by atoms with Crippen LogP contribution in [0, 0.1) is 5.82 Å². The molecule has 1 aromatic rings. The van der Waals surface area contributed by atoms with Gasteiger partial charge in [-0.3, -0.25) is 0 Å². The van der Waals surface area contributed by atoms with Gasteiger partial charge in [0.1, 0.15) is 11.0 Å². The van der Waals surface area contributed by atoms with Crippen LogP contribution in [0.25, 0.3) is 0 Å². The van der Waals surface area contributed by atoms with Gasteiger partial charge in [0.15, 0.2) is 0 Å². The number of aliphatic hydroxyl groups is 1. The van der Waals surface area contributed by atoms with Crippen molar-refractivity contribution in [2.75, 3.05) is 6.54 Å². The number of nitrogens with zero attached hydrogens (tertiary/aromatic N) is 1. The Morgan fingerprint density at radius 1 is 1.64 bits per heavy atom. The molecule has 1 rings (SSSR count). The minimum atomic E-state index is -0.461. The van der Waals surface area contributed by atoms with E-state index in [-0.39, 0.29) is 17.4 Å². The van der Waals surface area contributed by atoms with Crippen molar-refractivity contribution in [1.29, 1.82) is 0 Å². The Balaban J connectivity index is 2.53.